The number of anilines is 3. The zero-order valence-electron chi connectivity index (χ0n) is 33.1. The number of ether oxygens (including phenoxy) is 1. The number of nitrogens with zero attached hydrogens (tertiary/aromatic N) is 5. The van der Waals surface area contributed by atoms with Crippen LogP contribution >= 0.6 is 0 Å². The van der Waals surface area contributed by atoms with Gasteiger partial charge in [-0.25, -0.2) is 9.97 Å². The van der Waals surface area contributed by atoms with E-state index in [-0.39, 0.29) is 37.3 Å². The molecule has 7 heteroatoms. The quantitative estimate of drug-likeness (QED) is 0.156. The van der Waals surface area contributed by atoms with Crippen molar-refractivity contribution < 1.29 is 25.8 Å². The Morgan fingerprint density at radius 1 is 0.618 bits per heavy atom. The Balaban J connectivity index is 0.00000465. The molecule has 0 fully saturated rings. The molecule has 0 saturated carbocycles. The largest absolute Gasteiger partial charge is 0.509 e. The molecule has 55 heavy (non-hydrogen) atoms. The topological polar surface area (TPSA) is 46.4 Å². The molecular formula is C48H48N5OPt-3. The van der Waals surface area contributed by atoms with Crippen LogP contribution in [0, 0.1) is 18.8 Å². The first kappa shape index (κ1) is 38.3. The number of benzene rings is 5. The van der Waals surface area contributed by atoms with Gasteiger partial charge >= 0.3 is 0 Å². The first-order chi connectivity index (χ1) is 25.6. The van der Waals surface area contributed by atoms with Gasteiger partial charge in [-0.3, -0.25) is 0 Å². The third-order valence-corrected chi connectivity index (χ3v) is 10.3. The molecule has 5 aromatic carbocycles. The third kappa shape index (κ3) is 7.54. The number of aromatic nitrogens is 3. The minimum atomic E-state index is -0.133. The average Bonchev–Trinajstić information content (AvgIpc) is 3.66. The number of para-hydroxylation sites is 2. The monoisotopic (exact) mass is 905 g/mol. The second-order valence-electron chi connectivity index (χ2n) is 17.5. The van der Waals surface area contributed by atoms with Crippen LogP contribution in [0.4, 0.5) is 17.1 Å². The van der Waals surface area contributed by atoms with Crippen molar-refractivity contribution in [2.75, 3.05) is 9.80 Å². The fourth-order valence-electron chi connectivity index (χ4n) is 7.02. The second-order valence-corrected chi connectivity index (χ2v) is 17.5. The molecule has 1 aliphatic rings. The summed E-state index contributed by atoms with van der Waals surface area (Å²) in [5, 5.41) is 2.21. The van der Waals surface area contributed by atoms with Crippen molar-refractivity contribution in [2.45, 2.75) is 85.1 Å². The van der Waals surface area contributed by atoms with Crippen LogP contribution in [0.1, 0.15) is 84.6 Å². The molecule has 8 rings (SSSR count). The van der Waals surface area contributed by atoms with Crippen LogP contribution in [0.3, 0.4) is 0 Å². The van der Waals surface area contributed by atoms with E-state index in [2.05, 4.69) is 186 Å². The van der Waals surface area contributed by atoms with E-state index in [1.165, 1.54) is 11.1 Å². The average molecular weight is 906 g/mol. The predicted molar refractivity (Wildman–Crippen MR) is 222 cm³/mol. The van der Waals surface area contributed by atoms with Gasteiger partial charge in [0.05, 0.1) is 0 Å². The van der Waals surface area contributed by atoms with E-state index >= 15 is 0 Å². The van der Waals surface area contributed by atoms with Crippen molar-refractivity contribution in [2.24, 2.45) is 0 Å². The van der Waals surface area contributed by atoms with Gasteiger partial charge in [0.1, 0.15) is 0 Å². The molecule has 0 atom stereocenters. The smallest absolute Gasteiger partial charge is 0.232 e. The zero-order chi connectivity index (χ0) is 38.0. The van der Waals surface area contributed by atoms with Crippen LogP contribution in [0.5, 0.6) is 11.5 Å². The third-order valence-electron chi connectivity index (χ3n) is 10.3. The number of hydrogen-bond acceptors (Lipinski definition) is 5. The van der Waals surface area contributed by atoms with Crippen LogP contribution in [0.2, 0.25) is 0 Å². The van der Waals surface area contributed by atoms with Crippen LogP contribution in [0.15, 0.2) is 109 Å². The summed E-state index contributed by atoms with van der Waals surface area (Å²) >= 11 is 0. The zero-order valence-corrected chi connectivity index (χ0v) is 35.4. The van der Waals surface area contributed by atoms with Crippen molar-refractivity contribution in [3.63, 3.8) is 0 Å². The summed E-state index contributed by atoms with van der Waals surface area (Å²) in [6.45, 7) is 22.9. The maximum absolute atomic E-state index is 6.74. The molecule has 284 valence electrons. The fourth-order valence-corrected chi connectivity index (χ4v) is 7.02. The van der Waals surface area contributed by atoms with Crippen molar-refractivity contribution >= 4 is 38.9 Å². The summed E-state index contributed by atoms with van der Waals surface area (Å²) in [5.41, 5.74) is 9.62. The maximum Gasteiger partial charge on any atom is 0.232 e. The van der Waals surface area contributed by atoms with E-state index in [0.717, 1.165) is 56.5 Å². The van der Waals surface area contributed by atoms with Gasteiger partial charge in [0.2, 0.25) is 5.95 Å². The van der Waals surface area contributed by atoms with E-state index in [9.17, 15) is 0 Å². The molecule has 0 amide bonds. The number of rotatable bonds is 6. The van der Waals surface area contributed by atoms with Crippen LogP contribution in [0.25, 0.3) is 27.8 Å². The molecule has 7 aromatic rings. The van der Waals surface area contributed by atoms with E-state index in [0.29, 0.717) is 17.4 Å². The van der Waals surface area contributed by atoms with E-state index in [4.69, 9.17) is 14.7 Å². The molecule has 0 spiro atoms. The summed E-state index contributed by atoms with van der Waals surface area (Å²) < 4.78 is 8.85. The molecular weight excluding hydrogens is 858 g/mol. The first-order valence-corrected chi connectivity index (χ1v) is 18.8. The van der Waals surface area contributed by atoms with E-state index < -0.39 is 0 Å². The van der Waals surface area contributed by atoms with Crippen molar-refractivity contribution in [3.8, 4) is 17.4 Å². The summed E-state index contributed by atoms with van der Waals surface area (Å²) in [6, 6.07) is 41.5. The molecule has 2 aromatic heterocycles. The Bertz CT molecular complexity index is 2480. The summed E-state index contributed by atoms with van der Waals surface area (Å²) in [6.07, 6.45) is 3.87. The normalized spacial score (nSPS) is 13.3. The molecule has 0 bridgehead atoms. The van der Waals surface area contributed by atoms with Gasteiger partial charge in [0.25, 0.3) is 0 Å². The minimum absolute atomic E-state index is 0. The van der Waals surface area contributed by atoms with Gasteiger partial charge in [-0.1, -0.05) is 122 Å². The Morgan fingerprint density at radius 2 is 1.27 bits per heavy atom. The van der Waals surface area contributed by atoms with Gasteiger partial charge in [0, 0.05) is 68.4 Å². The van der Waals surface area contributed by atoms with Gasteiger partial charge in [-0.2, -0.15) is 12.7 Å². The van der Waals surface area contributed by atoms with Crippen LogP contribution in [-0.4, -0.2) is 14.5 Å². The van der Waals surface area contributed by atoms with Gasteiger partial charge in [-0.15, -0.1) is 47.0 Å². The standard InChI is InChI=1S/C48H48N5O.Pt/c1-46(2,3)33-19-22-41-40(25-33)39-21-20-37(27-44(39)53(41)45-49-28-35(29-50-45)48(7,8)9)54-38-24-34(47(4,5)6)23-36(26-38)52-31-51(30-32-15-11-10-12-16-32)42-17-13-14-18-43(42)52;/h10-25,28-29,31H,30H2,1-9H3;/q-3;. The molecule has 0 radical (unpaired) electrons. The molecule has 0 aliphatic carbocycles. The number of hydrogen-bond donors (Lipinski definition) is 0. The Morgan fingerprint density at radius 3 is 1.95 bits per heavy atom. The van der Waals surface area contributed by atoms with Crippen LogP contribution in [-0.2, 0) is 43.9 Å². The SMILES string of the molecule is CC(C)(C)c1cnc(-n2c3[c-]c(Oc4[c-]c(N5[CH-]N(Cc6ccccc6)c6ccccc65)cc(C(C)(C)C)c4)ccc3c3cc(C(C)(C)C)ccc32)nc1.[Pt]. The van der Waals surface area contributed by atoms with E-state index in [1.54, 1.807) is 0 Å². The predicted octanol–water partition coefficient (Wildman–Crippen LogP) is 12.1. The fraction of sp³-hybridized carbons (Fsp3) is 0.271. The van der Waals surface area contributed by atoms with E-state index in [1.807, 2.05) is 18.5 Å². The summed E-state index contributed by atoms with van der Waals surface area (Å²) in [5.74, 6) is 1.83. The maximum atomic E-state index is 6.74. The summed E-state index contributed by atoms with van der Waals surface area (Å²) in [4.78, 5) is 14.3. The van der Waals surface area contributed by atoms with Gasteiger partial charge in [0.15, 0.2) is 0 Å². The molecule has 0 unspecified atom stereocenters. The van der Waals surface area contributed by atoms with Gasteiger partial charge < -0.3 is 19.1 Å². The molecule has 1 aliphatic heterocycles. The number of fused-ring (bicyclic) bond motifs is 4. The molecule has 0 N–H and O–H groups in total. The first-order valence-electron chi connectivity index (χ1n) is 18.8. The van der Waals surface area contributed by atoms with Crippen LogP contribution < -0.4 is 14.5 Å². The van der Waals surface area contributed by atoms with Gasteiger partial charge in [-0.05, 0) is 56.5 Å². The summed E-state index contributed by atoms with van der Waals surface area (Å²) in [7, 11) is 0. The Hall–Kier alpha value is -4.93. The minimum Gasteiger partial charge on any atom is -0.509 e. The Kier molecular flexibility index (Phi) is 9.96. The van der Waals surface area contributed by atoms with Crippen molar-refractivity contribution in [1.82, 2.24) is 14.5 Å². The molecule has 6 nitrogen and oxygen atoms in total. The van der Waals surface area contributed by atoms with Crippen molar-refractivity contribution in [3.05, 3.63) is 151 Å². The Labute approximate surface area is 340 Å². The van der Waals surface area contributed by atoms with Crippen molar-refractivity contribution in [1.29, 1.82) is 0 Å². The second kappa shape index (κ2) is 14.3. The molecule has 3 heterocycles. The molecule has 0 saturated heterocycles.